The quantitative estimate of drug-likeness (QED) is 0.232. The van der Waals surface area contributed by atoms with Crippen LogP contribution < -0.4 is 24.0 Å². The molecule has 0 aliphatic heterocycles. The van der Waals surface area contributed by atoms with Crippen LogP contribution in [0.5, 0.6) is 0 Å². The highest BCUT2D eigenvalue weighted by Gasteiger charge is 2.68. The van der Waals surface area contributed by atoms with E-state index < -0.39 is 0 Å². The maximum Gasteiger partial charge on any atom is 0.312 e. The number of esters is 1. The van der Waals surface area contributed by atoms with Gasteiger partial charge in [0.25, 0.3) is 0 Å². The van der Waals surface area contributed by atoms with E-state index in [0.29, 0.717) is 23.9 Å². The lowest BCUT2D eigenvalue weighted by Gasteiger charge is -2.64. The molecular weight excluding hydrogens is 509 g/mol. The van der Waals surface area contributed by atoms with E-state index >= 15 is 0 Å². The van der Waals surface area contributed by atoms with Gasteiger partial charge in [-0.1, -0.05) is 20.3 Å². The second-order valence-corrected chi connectivity index (χ2v) is 13.5. The maximum atomic E-state index is 13.4. The molecule has 0 N–H and O–H groups in total. The van der Waals surface area contributed by atoms with Gasteiger partial charge in [0.15, 0.2) is 0 Å². The Morgan fingerprint density at radius 2 is 1.73 bits per heavy atom. The molecule has 4 rings (SSSR count). The molecule has 0 unspecified atom stereocenters. The number of nitrogens with zero attached hydrogens (tertiary/aromatic N) is 1. The number of ether oxygens (including phenoxy) is 1. The Kier molecular flexibility index (Phi) is 6.72. The number of fused-ring (bicyclic) bond motifs is 3. The fourth-order valence-electron chi connectivity index (χ4n) is 8.54. The van der Waals surface area contributed by atoms with Crippen molar-refractivity contribution in [3.05, 3.63) is 0 Å². The Balaban J connectivity index is 0.00000256. The number of hydrogen-bond acceptors (Lipinski definition) is 2. The predicted octanol–water partition coefficient (Wildman–Crippen LogP) is 2.65. The number of hydrogen-bond donors (Lipinski definition) is 0. The third-order valence-electron chi connectivity index (χ3n) is 9.99. The summed E-state index contributed by atoms with van der Waals surface area (Å²) in [6.45, 7) is 8.54. The highest BCUT2D eigenvalue weighted by molar-refractivity contribution is 6.24. The topological polar surface area (TPSA) is 26.3 Å². The summed E-state index contributed by atoms with van der Waals surface area (Å²) in [4.78, 5) is 13.4. The third kappa shape index (κ3) is 3.87. The number of halogens is 2. The number of rotatable bonds is 4. The second kappa shape index (κ2) is 8.04. The molecule has 30 heavy (non-hydrogen) atoms. The highest BCUT2D eigenvalue weighted by Crippen LogP contribution is 2.74. The second-order valence-electron chi connectivity index (χ2n) is 12.8. The Labute approximate surface area is 206 Å². The van der Waals surface area contributed by atoms with E-state index in [0.717, 1.165) is 36.2 Å². The zero-order valence-corrected chi connectivity index (χ0v) is 22.9. The minimum Gasteiger partial charge on any atom is -1.00 e. The molecule has 5 heteroatoms. The third-order valence-corrected chi connectivity index (χ3v) is 10.7. The first-order valence-electron chi connectivity index (χ1n) is 12.0. The van der Waals surface area contributed by atoms with Crippen LogP contribution in [-0.2, 0) is 9.53 Å². The SMILES string of the molecule is C[C@H]1C[C@@]23CC[C@H]4[C@@](C)(CCC[C@@]4(C)C(=O)OCC[N+](C)(C)C)[C@@H]2CC[C@]1(Cl)C3.[I-]. The highest BCUT2D eigenvalue weighted by atomic mass is 127. The summed E-state index contributed by atoms with van der Waals surface area (Å²) in [6, 6.07) is 0. The van der Waals surface area contributed by atoms with Gasteiger partial charge in [-0.2, -0.15) is 0 Å². The zero-order valence-electron chi connectivity index (χ0n) is 20.0. The van der Waals surface area contributed by atoms with Crippen LogP contribution in [0.3, 0.4) is 0 Å². The maximum absolute atomic E-state index is 13.4. The fraction of sp³-hybridized carbons (Fsp3) is 0.960. The summed E-state index contributed by atoms with van der Waals surface area (Å²) in [5, 5.41) is 0. The van der Waals surface area contributed by atoms with Gasteiger partial charge in [0.1, 0.15) is 13.2 Å². The Bertz CT molecular complexity index is 681. The van der Waals surface area contributed by atoms with E-state index in [9.17, 15) is 4.79 Å². The van der Waals surface area contributed by atoms with E-state index in [1.54, 1.807) is 0 Å². The largest absolute Gasteiger partial charge is 1.00 e. The zero-order chi connectivity index (χ0) is 21.3. The molecule has 0 amide bonds. The Morgan fingerprint density at radius 1 is 1.07 bits per heavy atom. The van der Waals surface area contributed by atoms with Crippen LogP contribution in [0.25, 0.3) is 0 Å². The molecule has 0 heterocycles. The van der Waals surface area contributed by atoms with Gasteiger partial charge >= 0.3 is 5.97 Å². The molecule has 4 aliphatic carbocycles. The monoisotopic (exact) mass is 551 g/mol. The predicted molar refractivity (Wildman–Crippen MR) is 119 cm³/mol. The van der Waals surface area contributed by atoms with E-state index in [1.807, 2.05) is 0 Å². The van der Waals surface area contributed by atoms with Crippen LogP contribution in [0.2, 0.25) is 0 Å². The minimum absolute atomic E-state index is 0. The van der Waals surface area contributed by atoms with E-state index in [2.05, 4.69) is 41.9 Å². The van der Waals surface area contributed by atoms with Gasteiger partial charge in [0, 0.05) is 4.87 Å². The normalized spacial score (nSPS) is 47.6. The molecule has 174 valence electrons. The summed E-state index contributed by atoms with van der Waals surface area (Å²) < 4.78 is 6.74. The van der Waals surface area contributed by atoms with Crippen molar-refractivity contribution >= 4 is 17.6 Å². The van der Waals surface area contributed by atoms with Crippen molar-refractivity contribution in [2.45, 2.75) is 83.4 Å². The van der Waals surface area contributed by atoms with Crippen LogP contribution in [0.4, 0.5) is 0 Å². The lowest BCUT2D eigenvalue weighted by Crippen LogP contribution is -3.00. The summed E-state index contributed by atoms with van der Waals surface area (Å²) in [6.07, 6.45) is 10.8. The first-order chi connectivity index (χ1) is 13.3. The van der Waals surface area contributed by atoms with Gasteiger partial charge < -0.3 is 33.2 Å². The van der Waals surface area contributed by atoms with Gasteiger partial charge in [-0.05, 0) is 86.9 Å². The van der Waals surface area contributed by atoms with Crippen LogP contribution in [0.1, 0.15) is 78.6 Å². The number of carbonyl (C=O) groups excluding carboxylic acids is 1. The molecular formula is C25H43ClINO2. The molecule has 0 saturated heterocycles. The van der Waals surface area contributed by atoms with Crippen molar-refractivity contribution in [3.63, 3.8) is 0 Å². The van der Waals surface area contributed by atoms with Gasteiger partial charge in [-0.25, -0.2) is 0 Å². The molecule has 4 saturated carbocycles. The lowest BCUT2D eigenvalue weighted by molar-refractivity contribution is -0.870. The first-order valence-corrected chi connectivity index (χ1v) is 12.4. The molecule has 0 aromatic heterocycles. The number of carbonyl (C=O) groups is 1. The number of alkyl halides is 1. The standard InChI is InChI=1S/C25H43ClNO2.HI/c1-18-16-24-12-8-19-22(2,20(24)9-13-25(18,26)17-24)10-7-11-23(19,3)21(28)29-15-14-27(4,5)6;/h18-20H,7-17H2,1-6H3;1H/q+1;/p-1/t18-,19-,20-,22+,23+,24+,25-;/m0./s1. The molecule has 0 aromatic rings. The molecule has 3 nitrogen and oxygen atoms in total. The molecule has 2 bridgehead atoms. The van der Waals surface area contributed by atoms with Crippen molar-refractivity contribution in [1.82, 2.24) is 0 Å². The minimum atomic E-state index is -0.320. The van der Waals surface area contributed by atoms with Crippen molar-refractivity contribution < 1.29 is 38.0 Å². The van der Waals surface area contributed by atoms with E-state index in [4.69, 9.17) is 16.3 Å². The van der Waals surface area contributed by atoms with E-state index in [-0.39, 0.29) is 45.7 Å². The molecule has 1 spiro atoms. The van der Waals surface area contributed by atoms with E-state index in [1.165, 1.54) is 38.5 Å². The average molecular weight is 552 g/mol. The average Bonchev–Trinajstić information content (AvgIpc) is 2.77. The van der Waals surface area contributed by atoms with Gasteiger partial charge in [-0.3, -0.25) is 4.79 Å². The van der Waals surface area contributed by atoms with Crippen LogP contribution in [0, 0.1) is 34.0 Å². The molecule has 0 aromatic carbocycles. The molecule has 0 radical (unpaired) electrons. The van der Waals surface area contributed by atoms with Crippen LogP contribution in [-0.4, -0.2) is 49.6 Å². The van der Waals surface area contributed by atoms with Gasteiger partial charge in [0.05, 0.1) is 26.6 Å². The molecule has 4 aliphatic rings. The Hall–Kier alpha value is 0.450. The van der Waals surface area contributed by atoms with Crippen molar-refractivity contribution in [1.29, 1.82) is 0 Å². The van der Waals surface area contributed by atoms with Crippen molar-refractivity contribution in [3.8, 4) is 0 Å². The summed E-state index contributed by atoms with van der Waals surface area (Å²) in [5.74, 6) is 1.88. The van der Waals surface area contributed by atoms with Crippen molar-refractivity contribution in [2.75, 3.05) is 34.3 Å². The van der Waals surface area contributed by atoms with Crippen LogP contribution >= 0.6 is 11.6 Å². The first kappa shape index (κ1) is 25.1. The molecule has 4 fully saturated rings. The summed E-state index contributed by atoms with van der Waals surface area (Å²) in [7, 11) is 6.45. The number of likely N-dealkylation sites (N-methyl/N-ethyl adjacent to an activating group) is 1. The lowest BCUT2D eigenvalue weighted by atomic mass is 9.41. The van der Waals surface area contributed by atoms with Crippen molar-refractivity contribution in [2.24, 2.45) is 34.0 Å². The summed E-state index contributed by atoms with van der Waals surface area (Å²) in [5.41, 5.74) is 0.363. The smallest absolute Gasteiger partial charge is 0.312 e. The Morgan fingerprint density at radius 3 is 2.40 bits per heavy atom. The summed E-state index contributed by atoms with van der Waals surface area (Å²) >= 11 is 7.11. The van der Waals surface area contributed by atoms with Crippen LogP contribution in [0.15, 0.2) is 0 Å². The fourth-order valence-corrected chi connectivity index (χ4v) is 8.99. The van der Waals surface area contributed by atoms with Gasteiger partial charge in [0.2, 0.25) is 0 Å². The number of quaternary nitrogens is 1. The van der Waals surface area contributed by atoms with Gasteiger partial charge in [-0.15, -0.1) is 11.6 Å². The molecule has 7 atom stereocenters.